The van der Waals surface area contributed by atoms with Gasteiger partial charge in [0, 0.05) is 11.8 Å². The van der Waals surface area contributed by atoms with Crippen molar-refractivity contribution in [2.45, 2.75) is 6.29 Å². The second-order valence-corrected chi connectivity index (χ2v) is 5.02. The number of ether oxygens (including phenoxy) is 2. The van der Waals surface area contributed by atoms with Gasteiger partial charge in [-0.05, 0) is 24.3 Å². The maximum Gasteiger partial charge on any atom is 0.345 e. The number of nitrogens with zero attached hydrogens (tertiary/aromatic N) is 1. The van der Waals surface area contributed by atoms with E-state index in [0.29, 0.717) is 5.75 Å². The number of benzene rings is 2. The second-order valence-electron chi connectivity index (χ2n) is 5.02. The summed E-state index contributed by atoms with van der Waals surface area (Å²) in [5, 5.41) is 0. The predicted octanol–water partition coefficient (Wildman–Crippen LogP) is 3.60. The van der Waals surface area contributed by atoms with Crippen molar-refractivity contribution in [3.05, 3.63) is 90.1 Å². The zero-order chi connectivity index (χ0) is 16.8. The third kappa shape index (κ3) is 3.70. The summed E-state index contributed by atoms with van der Waals surface area (Å²) >= 11 is 0. The highest BCUT2D eigenvalue weighted by molar-refractivity contribution is 5.94. The fraction of sp³-hybridized carbons (Fsp3) is 0.0526. The number of para-hydroxylation sites is 1. The number of hydrogen-bond donors (Lipinski definition) is 1. The number of hydrogen-bond acceptors (Lipinski definition) is 5. The highest BCUT2D eigenvalue weighted by Crippen LogP contribution is 2.24. The third-order valence-electron chi connectivity index (χ3n) is 3.33. The molecule has 120 valence electrons. The average Bonchev–Trinajstić information content (AvgIpc) is 2.63. The Morgan fingerprint density at radius 1 is 0.917 bits per heavy atom. The van der Waals surface area contributed by atoms with E-state index in [0.717, 1.165) is 5.56 Å². The zero-order valence-electron chi connectivity index (χ0n) is 12.8. The van der Waals surface area contributed by atoms with Gasteiger partial charge in [0.2, 0.25) is 0 Å². The Hall–Kier alpha value is -3.34. The molecule has 0 spiro atoms. The number of anilines is 1. The number of nitrogen functional groups attached to an aromatic ring is 1. The molecule has 2 N–H and O–H groups in total. The number of aromatic nitrogens is 1. The number of pyridine rings is 1. The van der Waals surface area contributed by atoms with Gasteiger partial charge in [0.25, 0.3) is 6.29 Å². The molecule has 0 aliphatic heterocycles. The van der Waals surface area contributed by atoms with Gasteiger partial charge in [-0.3, -0.25) is 0 Å². The second kappa shape index (κ2) is 7.28. The van der Waals surface area contributed by atoms with Crippen molar-refractivity contribution < 1.29 is 14.3 Å². The van der Waals surface area contributed by atoms with Crippen molar-refractivity contribution in [1.29, 1.82) is 0 Å². The minimum Gasteiger partial charge on any atom is -0.450 e. The molecule has 3 rings (SSSR count). The van der Waals surface area contributed by atoms with Gasteiger partial charge in [0.15, 0.2) is 0 Å². The van der Waals surface area contributed by atoms with Gasteiger partial charge in [0.05, 0.1) is 0 Å². The monoisotopic (exact) mass is 320 g/mol. The number of rotatable bonds is 5. The zero-order valence-corrected chi connectivity index (χ0v) is 12.8. The first-order valence-corrected chi connectivity index (χ1v) is 7.42. The molecule has 0 amide bonds. The van der Waals surface area contributed by atoms with Crippen LogP contribution in [0.3, 0.4) is 0 Å². The number of esters is 1. The fourth-order valence-electron chi connectivity index (χ4n) is 2.14. The Labute approximate surface area is 139 Å². The van der Waals surface area contributed by atoms with Crippen LogP contribution in [0, 0.1) is 0 Å². The minimum absolute atomic E-state index is 0.119. The Morgan fingerprint density at radius 2 is 1.58 bits per heavy atom. The third-order valence-corrected chi connectivity index (χ3v) is 3.33. The van der Waals surface area contributed by atoms with Crippen molar-refractivity contribution in [1.82, 2.24) is 4.98 Å². The van der Waals surface area contributed by atoms with Crippen LogP contribution in [0.15, 0.2) is 79.0 Å². The standard InChI is InChI=1S/C19H16N2O3/c20-17-16(12-7-13-21-17)18(22)24-19(14-8-3-1-4-9-14)23-15-10-5-2-6-11-15/h1-13,19H,(H2,20,21). The number of carbonyl (C=O) groups is 1. The summed E-state index contributed by atoms with van der Waals surface area (Å²) in [7, 11) is 0. The first kappa shape index (κ1) is 15.6. The maximum atomic E-state index is 12.4. The highest BCUT2D eigenvalue weighted by atomic mass is 16.7. The van der Waals surface area contributed by atoms with Crippen molar-refractivity contribution in [3.63, 3.8) is 0 Å². The lowest BCUT2D eigenvalue weighted by Crippen LogP contribution is -2.18. The molecule has 1 unspecified atom stereocenters. The largest absolute Gasteiger partial charge is 0.450 e. The van der Waals surface area contributed by atoms with Gasteiger partial charge < -0.3 is 15.2 Å². The first-order valence-electron chi connectivity index (χ1n) is 7.42. The Kier molecular flexibility index (Phi) is 4.72. The van der Waals surface area contributed by atoms with E-state index in [4.69, 9.17) is 15.2 Å². The molecule has 0 radical (unpaired) electrons. The molecule has 1 aromatic heterocycles. The van der Waals surface area contributed by atoms with E-state index in [-0.39, 0.29) is 11.4 Å². The molecular formula is C19H16N2O3. The lowest BCUT2D eigenvalue weighted by molar-refractivity contribution is -0.0506. The molecule has 0 aliphatic carbocycles. The van der Waals surface area contributed by atoms with Gasteiger partial charge in [-0.1, -0.05) is 48.5 Å². The van der Waals surface area contributed by atoms with Gasteiger partial charge in [-0.25, -0.2) is 9.78 Å². The Balaban J connectivity index is 1.85. The van der Waals surface area contributed by atoms with Crippen LogP contribution in [0.5, 0.6) is 5.75 Å². The Morgan fingerprint density at radius 3 is 2.25 bits per heavy atom. The smallest absolute Gasteiger partial charge is 0.345 e. The molecule has 0 saturated heterocycles. The van der Waals surface area contributed by atoms with Gasteiger partial charge in [-0.2, -0.15) is 0 Å². The predicted molar refractivity (Wildman–Crippen MR) is 90.3 cm³/mol. The van der Waals surface area contributed by atoms with E-state index in [2.05, 4.69) is 4.98 Å². The fourth-order valence-corrected chi connectivity index (χ4v) is 2.14. The first-order chi connectivity index (χ1) is 11.7. The summed E-state index contributed by atoms with van der Waals surface area (Å²) < 4.78 is 11.4. The molecule has 24 heavy (non-hydrogen) atoms. The maximum absolute atomic E-state index is 12.4. The average molecular weight is 320 g/mol. The van der Waals surface area contributed by atoms with Crippen LogP contribution in [-0.2, 0) is 4.74 Å². The molecule has 1 heterocycles. The van der Waals surface area contributed by atoms with Crippen molar-refractivity contribution >= 4 is 11.8 Å². The van der Waals surface area contributed by atoms with Gasteiger partial charge in [-0.15, -0.1) is 0 Å². The summed E-state index contributed by atoms with van der Waals surface area (Å²) in [5.41, 5.74) is 6.66. The van der Waals surface area contributed by atoms with E-state index in [9.17, 15) is 4.79 Å². The summed E-state index contributed by atoms with van der Waals surface area (Å²) in [6.07, 6.45) is 0.627. The Bertz CT molecular complexity index is 807. The number of nitrogens with two attached hydrogens (primary N) is 1. The van der Waals surface area contributed by atoms with Crippen LogP contribution >= 0.6 is 0 Å². The van der Waals surface area contributed by atoms with E-state index < -0.39 is 12.3 Å². The molecule has 0 aliphatic rings. The molecular weight excluding hydrogens is 304 g/mol. The molecule has 3 aromatic rings. The van der Waals surface area contributed by atoms with Crippen molar-refractivity contribution in [2.24, 2.45) is 0 Å². The van der Waals surface area contributed by atoms with Crippen LogP contribution in [0.25, 0.3) is 0 Å². The van der Waals surface area contributed by atoms with Crippen molar-refractivity contribution in [3.8, 4) is 5.75 Å². The summed E-state index contributed by atoms with van der Waals surface area (Å²) in [4.78, 5) is 16.3. The van der Waals surface area contributed by atoms with Crippen LogP contribution in [-0.4, -0.2) is 11.0 Å². The van der Waals surface area contributed by atoms with E-state index >= 15 is 0 Å². The lowest BCUT2D eigenvalue weighted by Gasteiger charge is -2.20. The lowest BCUT2D eigenvalue weighted by atomic mass is 10.2. The van der Waals surface area contributed by atoms with Crippen LogP contribution in [0.1, 0.15) is 22.2 Å². The minimum atomic E-state index is -0.888. The number of carbonyl (C=O) groups excluding carboxylic acids is 1. The molecule has 0 saturated carbocycles. The molecule has 0 fully saturated rings. The van der Waals surface area contributed by atoms with Gasteiger partial charge in [0.1, 0.15) is 17.1 Å². The highest BCUT2D eigenvalue weighted by Gasteiger charge is 2.21. The molecule has 2 aromatic carbocycles. The molecule has 5 heteroatoms. The summed E-state index contributed by atoms with van der Waals surface area (Å²) in [6, 6.07) is 21.6. The van der Waals surface area contributed by atoms with Gasteiger partial charge >= 0.3 is 5.97 Å². The topological polar surface area (TPSA) is 74.4 Å². The van der Waals surface area contributed by atoms with E-state index in [1.807, 2.05) is 48.5 Å². The summed E-state index contributed by atoms with van der Waals surface area (Å²) in [5.74, 6) is 0.123. The van der Waals surface area contributed by atoms with E-state index in [1.54, 1.807) is 24.3 Å². The molecule has 1 atom stereocenters. The van der Waals surface area contributed by atoms with Crippen LogP contribution < -0.4 is 10.5 Å². The molecule has 5 nitrogen and oxygen atoms in total. The van der Waals surface area contributed by atoms with Crippen LogP contribution in [0.2, 0.25) is 0 Å². The molecule has 0 bridgehead atoms. The normalized spacial score (nSPS) is 11.5. The summed E-state index contributed by atoms with van der Waals surface area (Å²) in [6.45, 7) is 0. The van der Waals surface area contributed by atoms with Crippen molar-refractivity contribution in [2.75, 3.05) is 5.73 Å². The quantitative estimate of drug-likeness (QED) is 0.574. The van der Waals surface area contributed by atoms with Crippen LogP contribution in [0.4, 0.5) is 5.82 Å². The van der Waals surface area contributed by atoms with E-state index in [1.165, 1.54) is 6.20 Å². The SMILES string of the molecule is Nc1ncccc1C(=O)OC(Oc1ccccc1)c1ccccc1.